The van der Waals surface area contributed by atoms with E-state index in [9.17, 15) is 0 Å². The van der Waals surface area contributed by atoms with Gasteiger partial charge in [0.1, 0.15) is 0 Å². The lowest BCUT2D eigenvalue weighted by atomic mass is 10.1. The standard InChI is InChI=1S/C19H37N5O/c1-19(2)15-23(12-13-25-19)11-9-21-18(20-3)22-16-8-10-24(14-16)17-6-4-5-7-17/h16-17H,4-15H2,1-3H3,(H2,20,21,22). The summed E-state index contributed by atoms with van der Waals surface area (Å²) in [4.78, 5) is 9.58. The molecule has 3 rings (SSSR count). The van der Waals surface area contributed by atoms with Crippen molar-refractivity contribution in [1.29, 1.82) is 0 Å². The molecule has 1 saturated carbocycles. The zero-order valence-corrected chi connectivity index (χ0v) is 16.4. The van der Waals surface area contributed by atoms with Gasteiger partial charge in [-0.3, -0.25) is 14.8 Å². The van der Waals surface area contributed by atoms with Crippen LogP contribution in [0.1, 0.15) is 46.0 Å². The minimum Gasteiger partial charge on any atom is -0.373 e. The highest BCUT2D eigenvalue weighted by atomic mass is 16.5. The van der Waals surface area contributed by atoms with Crippen molar-refractivity contribution in [2.75, 3.05) is 52.9 Å². The van der Waals surface area contributed by atoms with Crippen LogP contribution < -0.4 is 10.6 Å². The Balaban J connectivity index is 1.35. The lowest BCUT2D eigenvalue weighted by Gasteiger charge is -2.38. The summed E-state index contributed by atoms with van der Waals surface area (Å²) in [5, 5.41) is 7.12. The van der Waals surface area contributed by atoms with Gasteiger partial charge in [-0.05, 0) is 33.1 Å². The fourth-order valence-corrected chi connectivity index (χ4v) is 4.53. The van der Waals surface area contributed by atoms with Crippen LogP contribution in [0.3, 0.4) is 0 Å². The summed E-state index contributed by atoms with van der Waals surface area (Å²) in [6, 6.07) is 1.38. The first kappa shape index (κ1) is 18.9. The van der Waals surface area contributed by atoms with Crippen molar-refractivity contribution in [3.8, 4) is 0 Å². The normalized spacial score (nSPS) is 29.2. The summed E-state index contributed by atoms with van der Waals surface area (Å²) in [7, 11) is 1.87. The number of rotatable bonds is 5. The third-order valence-corrected chi connectivity index (χ3v) is 5.85. The van der Waals surface area contributed by atoms with E-state index in [0.29, 0.717) is 6.04 Å². The van der Waals surface area contributed by atoms with E-state index < -0.39 is 0 Å². The highest BCUT2D eigenvalue weighted by Gasteiger charge is 2.30. The highest BCUT2D eigenvalue weighted by molar-refractivity contribution is 5.80. The molecule has 3 fully saturated rings. The molecule has 0 aromatic carbocycles. The van der Waals surface area contributed by atoms with E-state index in [-0.39, 0.29) is 5.60 Å². The molecule has 2 saturated heterocycles. The second kappa shape index (κ2) is 8.69. The van der Waals surface area contributed by atoms with Gasteiger partial charge in [0, 0.05) is 58.4 Å². The van der Waals surface area contributed by atoms with Gasteiger partial charge < -0.3 is 15.4 Å². The summed E-state index contributed by atoms with van der Waals surface area (Å²) < 4.78 is 5.78. The Hall–Kier alpha value is -0.850. The van der Waals surface area contributed by atoms with E-state index in [1.54, 1.807) is 0 Å². The highest BCUT2D eigenvalue weighted by Crippen LogP contribution is 2.26. The van der Waals surface area contributed by atoms with Crippen molar-refractivity contribution >= 4 is 5.96 Å². The molecule has 6 nitrogen and oxygen atoms in total. The Morgan fingerprint density at radius 2 is 2.00 bits per heavy atom. The van der Waals surface area contributed by atoms with Crippen LogP contribution in [-0.4, -0.2) is 86.4 Å². The largest absolute Gasteiger partial charge is 0.373 e. The molecule has 2 aliphatic heterocycles. The van der Waals surface area contributed by atoms with Crippen molar-refractivity contribution in [1.82, 2.24) is 20.4 Å². The molecule has 3 aliphatic rings. The summed E-state index contributed by atoms with van der Waals surface area (Å²) in [6.07, 6.45) is 6.86. The van der Waals surface area contributed by atoms with E-state index in [1.807, 2.05) is 7.05 Å². The van der Waals surface area contributed by atoms with E-state index in [1.165, 1.54) is 45.2 Å². The maximum Gasteiger partial charge on any atom is 0.191 e. The van der Waals surface area contributed by atoms with Crippen molar-refractivity contribution in [3.05, 3.63) is 0 Å². The second-order valence-corrected chi connectivity index (χ2v) is 8.45. The Kier molecular flexibility index (Phi) is 6.58. The lowest BCUT2D eigenvalue weighted by molar-refractivity contribution is -0.0852. The first-order valence-corrected chi connectivity index (χ1v) is 10.1. The van der Waals surface area contributed by atoms with Gasteiger partial charge in [-0.15, -0.1) is 0 Å². The molecule has 0 amide bonds. The third kappa shape index (κ3) is 5.56. The fourth-order valence-electron chi connectivity index (χ4n) is 4.53. The Morgan fingerprint density at radius 3 is 2.72 bits per heavy atom. The minimum atomic E-state index is -0.0221. The maximum atomic E-state index is 5.78. The average molecular weight is 352 g/mol. The van der Waals surface area contributed by atoms with Crippen LogP contribution in [0.5, 0.6) is 0 Å². The summed E-state index contributed by atoms with van der Waals surface area (Å²) >= 11 is 0. The predicted octanol–water partition coefficient (Wildman–Crippen LogP) is 1.28. The molecule has 2 N–H and O–H groups in total. The summed E-state index contributed by atoms with van der Waals surface area (Å²) in [6.45, 7) is 11.6. The molecule has 6 heteroatoms. The number of nitrogens with zero attached hydrogens (tertiary/aromatic N) is 3. The molecule has 2 heterocycles. The number of likely N-dealkylation sites (tertiary alicyclic amines) is 1. The van der Waals surface area contributed by atoms with Gasteiger partial charge in [-0.1, -0.05) is 12.8 Å². The number of ether oxygens (including phenoxy) is 1. The molecular formula is C19H37N5O. The zero-order chi connectivity index (χ0) is 17.7. The Labute approximate surface area is 153 Å². The molecular weight excluding hydrogens is 314 g/mol. The van der Waals surface area contributed by atoms with Gasteiger partial charge in [-0.25, -0.2) is 0 Å². The van der Waals surface area contributed by atoms with Gasteiger partial charge in [0.15, 0.2) is 5.96 Å². The average Bonchev–Trinajstić information content (AvgIpc) is 3.24. The smallest absolute Gasteiger partial charge is 0.191 e. The van der Waals surface area contributed by atoms with Gasteiger partial charge >= 0.3 is 0 Å². The van der Waals surface area contributed by atoms with Gasteiger partial charge in [0.2, 0.25) is 0 Å². The zero-order valence-electron chi connectivity index (χ0n) is 16.4. The molecule has 0 bridgehead atoms. The van der Waals surface area contributed by atoms with Crippen LogP contribution in [0, 0.1) is 0 Å². The SMILES string of the molecule is CN=C(NCCN1CCOC(C)(C)C1)NC1CCN(C2CCCC2)C1. The molecule has 1 aliphatic carbocycles. The molecule has 0 radical (unpaired) electrons. The third-order valence-electron chi connectivity index (χ3n) is 5.85. The molecule has 144 valence electrons. The van der Waals surface area contributed by atoms with Crippen LogP contribution in [0.4, 0.5) is 0 Å². The number of aliphatic imine (C=N–C) groups is 1. The molecule has 0 aromatic rings. The number of nitrogens with one attached hydrogen (secondary N) is 2. The number of guanidine groups is 1. The van der Waals surface area contributed by atoms with Crippen molar-refractivity contribution < 1.29 is 4.74 Å². The Morgan fingerprint density at radius 1 is 1.20 bits per heavy atom. The topological polar surface area (TPSA) is 52.1 Å². The van der Waals surface area contributed by atoms with E-state index in [2.05, 4.69) is 39.3 Å². The Bertz CT molecular complexity index is 447. The summed E-state index contributed by atoms with van der Waals surface area (Å²) in [5.41, 5.74) is -0.0221. The predicted molar refractivity (Wildman–Crippen MR) is 103 cm³/mol. The lowest BCUT2D eigenvalue weighted by Crippen LogP contribution is -2.51. The van der Waals surface area contributed by atoms with Crippen LogP contribution >= 0.6 is 0 Å². The maximum absolute atomic E-state index is 5.78. The summed E-state index contributed by atoms with van der Waals surface area (Å²) in [5.74, 6) is 0.950. The monoisotopic (exact) mass is 351 g/mol. The molecule has 0 spiro atoms. The van der Waals surface area contributed by atoms with Gasteiger partial charge in [-0.2, -0.15) is 0 Å². The van der Waals surface area contributed by atoms with Crippen LogP contribution in [-0.2, 0) is 4.74 Å². The quantitative estimate of drug-likeness (QED) is 0.577. The van der Waals surface area contributed by atoms with Crippen molar-refractivity contribution in [3.63, 3.8) is 0 Å². The first-order valence-electron chi connectivity index (χ1n) is 10.1. The van der Waals surface area contributed by atoms with Crippen LogP contribution in [0.15, 0.2) is 4.99 Å². The molecule has 0 aromatic heterocycles. The molecule has 1 unspecified atom stereocenters. The van der Waals surface area contributed by atoms with E-state index >= 15 is 0 Å². The van der Waals surface area contributed by atoms with Crippen LogP contribution in [0.2, 0.25) is 0 Å². The van der Waals surface area contributed by atoms with Crippen LogP contribution in [0.25, 0.3) is 0 Å². The number of hydrogen-bond donors (Lipinski definition) is 2. The van der Waals surface area contributed by atoms with E-state index in [4.69, 9.17) is 4.74 Å². The first-order chi connectivity index (χ1) is 12.1. The van der Waals surface area contributed by atoms with Crippen molar-refractivity contribution in [2.24, 2.45) is 4.99 Å². The van der Waals surface area contributed by atoms with Gasteiger partial charge in [0.05, 0.1) is 12.2 Å². The number of morpholine rings is 1. The van der Waals surface area contributed by atoms with Gasteiger partial charge in [0.25, 0.3) is 0 Å². The molecule has 25 heavy (non-hydrogen) atoms. The van der Waals surface area contributed by atoms with E-state index in [0.717, 1.165) is 44.8 Å². The second-order valence-electron chi connectivity index (χ2n) is 8.45. The van der Waals surface area contributed by atoms with Crippen molar-refractivity contribution in [2.45, 2.75) is 63.6 Å². The minimum absolute atomic E-state index is 0.0221. The number of hydrogen-bond acceptors (Lipinski definition) is 4. The fraction of sp³-hybridized carbons (Fsp3) is 0.947. The molecule has 1 atom stereocenters.